The molecule has 0 aliphatic rings. The fourth-order valence-electron chi connectivity index (χ4n) is 0.417. The van der Waals surface area contributed by atoms with Gasteiger partial charge in [0.05, 0.1) is 0 Å². The lowest BCUT2D eigenvalue weighted by molar-refractivity contribution is 1.37. The Hall–Kier alpha value is -0.850. The highest BCUT2D eigenvalue weighted by atomic mass is 14.4. The first-order valence-electron chi connectivity index (χ1n) is 3.41. The Morgan fingerprint density at radius 3 is 1.80 bits per heavy atom. The SMILES string of the molecule is CC(=N)/C(C)=C\C=C(C)C. The van der Waals surface area contributed by atoms with Crippen molar-refractivity contribution < 1.29 is 0 Å². The highest BCUT2D eigenvalue weighted by Gasteiger charge is 1.86. The topological polar surface area (TPSA) is 23.9 Å². The summed E-state index contributed by atoms with van der Waals surface area (Å²) in [5, 5.41) is 7.25. The van der Waals surface area contributed by atoms with E-state index in [1.165, 1.54) is 5.57 Å². The van der Waals surface area contributed by atoms with E-state index >= 15 is 0 Å². The fraction of sp³-hybridized carbons (Fsp3) is 0.444. The molecule has 0 amide bonds. The molecule has 0 saturated carbocycles. The summed E-state index contributed by atoms with van der Waals surface area (Å²) in [4.78, 5) is 0. The van der Waals surface area contributed by atoms with Crippen molar-refractivity contribution >= 4 is 5.71 Å². The van der Waals surface area contributed by atoms with Crippen LogP contribution in [0.2, 0.25) is 0 Å². The highest BCUT2D eigenvalue weighted by molar-refractivity contribution is 5.95. The average molecular weight is 137 g/mol. The third-order valence-corrected chi connectivity index (χ3v) is 1.26. The predicted molar refractivity (Wildman–Crippen MR) is 46.6 cm³/mol. The molecule has 0 rings (SSSR count). The zero-order valence-corrected chi connectivity index (χ0v) is 7.15. The Morgan fingerprint density at radius 1 is 1.00 bits per heavy atom. The van der Waals surface area contributed by atoms with Crippen molar-refractivity contribution in [2.24, 2.45) is 0 Å². The van der Waals surface area contributed by atoms with Gasteiger partial charge < -0.3 is 5.41 Å². The molecule has 0 aromatic heterocycles. The zero-order valence-electron chi connectivity index (χ0n) is 7.15. The Labute approximate surface area is 63.0 Å². The summed E-state index contributed by atoms with van der Waals surface area (Å²) in [6.07, 6.45) is 3.99. The lowest BCUT2D eigenvalue weighted by atomic mass is 10.2. The number of rotatable bonds is 2. The highest BCUT2D eigenvalue weighted by Crippen LogP contribution is 1.97. The molecule has 0 atom stereocenters. The maximum absolute atomic E-state index is 7.25. The number of hydrogen-bond donors (Lipinski definition) is 1. The summed E-state index contributed by atoms with van der Waals surface area (Å²) in [7, 11) is 0. The summed E-state index contributed by atoms with van der Waals surface area (Å²) < 4.78 is 0. The summed E-state index contributed by atoms with van der Waals surface area (Å²) >= 11 is 0. The van der Waals surface area contributed by atoms with Crippen LogP contribution in [-0.2, 0) is 0 Å². The van der Waals surface area contributed by atoms with Gasteiger partial charge >= 0.3 is 0 Å². The summed E-state index contributed by atoms with van der Waals surface area (Å²) in [6, 6.07) is 0. The van der Waals surface area contributed by atoms with Crippen molar-refractivity contribution in [3.8, 4) is 0 Å². The van der Waals surface area contributed by atoms with Crippen molar-refractivity contribution in [3.05, 3.63) is 23.3 Å². The molecule has 0 radical (unpaired) electrons. The standard InChI is InChI=1S/C9H15N/c1-7(2)5-6-8(3)9(4)10/h5-6,10H,1-4H3/b8-6-,10-9?. The van der Waals surface area contributed by atoms with Crippen molar-refractivity contribution in [3.63, 3.8) is 0 Å². The second kappa shape index (κ2) is 4.04. The van der Waals surface area contributed by atoms with Crippen molar-refractivity contribution in [1.82, 2.24) is 0 Å². The molecular weight excluding hydrogens is 122 g/mol. The molecule has 0 aliphatic heterocycles. The molecule has 10 heavy (non-hydrogen) atoms. The maximum Gasteiger partial charge on any atom is 0.0312 e. The molecule has 1 N–H and O–H groups in total. The van der Waals surface area contributed by atoms with Gasteiger partial charge in [-0.15, -0.1) is 0 Å². The van der Waals surface area contributed by atoms with E-state index in [-0.39, 0.29) is 0 Å². The van der Waals surface area contributed by atoms with Gasteiger partial charge in [-0.2, -0.15) is 0 Å². The van der Waals surface area contributed by atoms with E-state index in [1.807, 2.05) is 32.9 Å². The number of allylic oxidation sites excluding steroid dienone is 4. The monoisotopic (exact) mass is 137 g/mol. The lowest BCUT2D eigenvalue weighted by Gasteiger charge is -1.92. The second-order valence-corrected chi connectivity index (χ2v) is 2.72. The molecule has 0 aromatic carbocycles. The van der Waals surface area contributed by atoms with Gasteiger partial charge in [0.2, 0.25) is 0 Å². The molecule has 0 saturated heterocycles. The zero-order chi connectivity index (χ0) is 8.15. The molecule has 1 heteroatoms. The number of nitrogens with one attached hydrogen (secondary N) is 1. The van der Waals surface area contributed by atoms with Crippen LogP contribution in [0.25, 0.3) is 0 Å². The van der Waals surface area contributed by atoms with Gasteiger partial charge in [-0.1, -0.05) is 17.7 Å². The lowest BCUT2D eigenvalue weighted by Crippen LogP contribution is -1.88. The minimum Gasteiger partial charge on any atom is -0.305 e. The van der Waals surface area contributed by atoms with E-state index in [0.29, 0.717) is 5.71 Å². The molecule has 0 aliphatic carbocycles. The van der Waals surface area contributed by atoms with Crippen LogP contribution >= 0.6 is 0 Å². The van der Waals surface area contributed by atoms with Gasteiger partial charge in [0.15, 0.2) is 0 Å². The Bertz CT molecular complexity index is 181. The van der Waals surface area contributed by atoms with Crippen molar-refractivity contribution in [2.45, 2.75) is 27.7 Å². The smallest absolute Gasteiger partial charge is 0.0312 e. The van der Waals surface area contributed by atoms with Gasteiger partial charge in [0, 0.05) is 5.71 Å². The van der Waals surface area contributed by atoms with E-state index in [0.717, 1.165) is 5.57 Å². The third-order valence-electron chi connectivity index (χ3n) is 1.26. The van der Waals surface area contributed by atoms with E-state index in [2.05, 4.69) is 0 Å². The van der Waals surface area contributed by atoms with Crippen molar-refractivity contribution in [2.75, 3.05) is 0 Å². The van der Waals surface area contributed by atoms with Crippen LogP contribution in [0.15, 0.2) is 23.3 Å². The molecule has 0 spiro atoms. The molecular formula is C9H15N. The first kappa shape index (κ1) is 9.15. The largest absolute Gasteiger partial charge is 0.305 e. The van der Waals surface area contributed by atoms with Crippen LogP contribution in [-0.4, -0.2) is 5.71 Å². The second-order valence-electron chi connectivity index (χ2n) is 2.72. The van der Waals surface area contributed by atoms with Crippen LogP contribution in [0, 0.1) is 5.41 Å². The minimum absolute atomic E-state index is 0.637. The molecule has 0 aromatic rings. The van der Waals surface area contributed by atoms with Crippen LogP contribution in [0.1, 0.15) is 27.7 Å². The van der Waals surface area contributed by atoms with Gasteiger partial charge in [-0.25, -0.2) is 0 Å². The Balaban J connectivity index is 4.19. The van der Waals surface area contributed by atoms with Crippen LogP contribution in [0.3, 0.4) is 0 Å². The quantitative estimate of drug-likeness (QED) is 0.447. The third kappa shape index (κ3) is 4.07. The fourth-order valence-corrected chi connectivity index (χ4v) is 0.417. The summed E-state index contributed by atoms with van der Waals surface area (Å²) in [5.41, 5.74) is 2.93. The van der Waals surface area contributed by atoms with Crippen LogP contribution in [0.5, 0.6) is 0 Å². The molecule has 56 valence electrons. The minimum atomic E-state index is 0.637. The van der Waals surface area contributed by atoms with E-state index in [4.69, 9.17) is 5.41 Å². The molecule has 0 fully saturated rings. The van der Waals surface area contributed by atoms with Gasteiger partial charge in [-0.05, 0) is 33.3 Å². The van der Waals surface area contributed by atoms with E-state index in [1.54, 1.807) is 6.92 Å². The van der Waals surface area contributed by atoms with E-state index in [9.17, 15) is 0 Å². The van der Waals surface area contributed by atoms with Gasteiger partial charge in [-0.3, -0.25) is 0 Å². The summed E-state index contributed by atoms with van der Waals surface area (Å²) in [5.74, 6) is 0. The molecule has 0 unspecified atom stereocenters. The van der Waals surface area contributed by atoms with Crippen LogP contribution < -0.4 is 0 Å². The molecule has 1 nitrogen and oxygen atoms in total. The van der Waals surface area contributed by atoms with E-state index < -0.39 is 0 Å². The first-order valence-corrected chi connectivity index (χ1v) is 3.41. The Morgan fingerprint density at radius 2 is 1.50 bits per heavy atom. The maximum atomic E-state index is 7.25. The normalized spacial score (nSPS) is 11.0. The predicted octanol–water partition coefficient (Wildman–Crippen LogP) is 2.94. The Kier molecular flexibility index (Phi) is 3.70. The molecule has 0 bridgehead atoms. The average Bonchev–Trinajstić information content (AvgIpc) is 1.82. The molecule has 0 heterocycles. The van der Waals surface area contributed by atoms with Gasteiger partial charge in [0.25, 0.3) is 0 Å². The van der Waals surface area contributed by atoms with Gasteiger partial charge in [0.1, 0.15) is 0 Å². The first-order chi connectivity index (χ1) is 4.54. The van der Waals surface area contributed by atoms with Crippen LogP contribution in [0.4, 0.5) is 0 Å². The van der Waals surface area contributed by atoms with Crippen molar-refractivity contribution in [1.29, 1.82) is 5.41 Å². The summed E-state index contributed by atoms with van der Waals surface area (Å²) in [6.45, 7) is 7.83. The number of hydrogen-bond acceptors (Lipinski definition) is 1.